The molecule has 0 unspecified atom stereocenters. The molecule has 27 heavy (non-hydrogen) atoms. The van der Waals surface area contributed by atoms with Crippen LogP contribution in [0.25, 0.3) is 0 Å². The molecule has 1 saturated carbocycles. The van der Waals surface area contributed by atoms with Gasteiger partial charge in [0, 0.05) is 38.2 Å². The van der Waals surface area contributed by atoms with Gasteiger partial charge in [-0.15, -0.1) is 0 Å². The van der Waals surface area contributed by atoms with Gasteiger partial charge >= 0.3 is 0 Å². The number of anilines is 1. The maximum absolute atomic E-state index is 13.3. The van der Waals surface area contributed by atoms with Gasteiger partial charge in [0.1, 0.15) is 5.41 Å². The third-order valence-electron chi connectivity index (χ3n) is 5.76. The Morgan fingerprint density at radius 1 is 1.15 bits per heavy atom. The van der Waals surface area contributed by atoms with Crippen LogP contribution in [0.2, 0.25) is 0 Å². The van der Waals surface area contributed by atoms with Gasteiger partial charge in [0.2, 0.25) is 11.8 Å². The SMILES string of the molecule is CN(CCc1ccncc1)C(=O)C1(C(=O)N2CCCc3ccccc32)CC1. The molecule has 0 spiro atoms. The maximum atomic E-state index is 13.3. The molecule has 0 saturated heterocycles. The molecule has 0 bridgehead atoms. The van der Waals surface area contributed by atoms with Gasteiger partial charge in [0.25, 0.3) is 0 Å². The third-order valence-corrected chi connectivity index (χ3v) is 5.76. The fourth-order valence-electron chi connectivity index (χ4n) is 3.96. The highest BCUT2D eigenvalue weighted by Gasteiger charge is 2.59. The van der Waals surface area contributed by atoms with Crippen molar-refractivity contribution in [3.63, 3.8) is 0 Å². The van der Waals surface area contributed by atoms with E-state index in [0.717, 1.165) is 30.5 Å². The normalized spacial score (nSPS) is 17.1. The fraction of sp³-hybridized carbons (Fsp3) is 0.409. The topological polar surface area (TPSA) is 53.5 Å². The van der Waals surface area contributed by atoms with Gasteiger partial charge in [-0.3, -0.25) is 14.6 Å². The van der Waals surface area contributed by atoms with E-state index in [1.807, 2.05) is 35.2 Å². The van der Waals surface area contributed by atoms with Crippen LogP contribution in [0, 0.1) is 5.41 Å². The summed E-state index contributed by atoms with van der Waals surface area (Å²) in [5.74, 6) is -0.0555. The Morgan fingerprint density at radius 2 is 1.89 bits per heavy atom. The van der Waals surface area contributed by atoms with Crippen LogP contribution in [0.3, 0.4) is 0 Å². The lowest BCUT2D eigenvalue weighted by atomic mass is 9.97. The fourth-order valence-corrected chi connectivity index (χ4v) is 3.96. The first kappa shape index (κ1) is 17.7. The maximum Gasteiger partial charge on any atom is 0.242 e. The van der Waals surface area contributed by atoms with Crippen molar-refractivity contribution in [2.24, 2.45) is 5.41 Å². The van der Waals surface area contributed by atoms with Crippen molar-refractivity contribution in [3.8, 4) is 0 Å². The second-order valence-corrected chi connectivity index (χ2v) is 7.60. The molecule has 2 aliphatic rings. The Morgan fingerprint density at radius 3 is 2.63 bits per heavy atom. The number of aryl methyl sites for hydroxylation is 1. The molecule has 1 aromatic carbocycles. The Balaban J connectivity index is 1.47. The molecular formula is C22H25N3O2. The number of fused-ring (bicyclic) bond motifs is 1. The third kappa shape index (κ3) is 3.34. The number of hydrogen-bond donors (Lipinski definition) is 0. The number of aromatic nitrogens is 1. The molecule has 0 atom stereocenters. The molecule has 1 aliphatic carbocycles. The number of carbonyl (C=O) groups is 2. The Labute approximate surface area is 160 Å². The van der Waals surface area contributed by atoms with Gasteiger partial charge < -0.3 is 9.80 Å². The predicted molar refractivity (Wildman–Crippen MR) is 104 cm³/mol. The summed E-state index contributed by atoms with van der Waals surface area (Å²) in [6.07, 6.45) is 7.54. The standard InChI is InChI=1S/C22H25N3O2/c1-24(16-10-17-8-13-23-14-9-17)20(26)22(11-12-22)21(27)25-15-4-6-18-5-2-3-7-19(18)25/h2-3,5,7-9,13-14H,4,6,10-12,15-16H2,1H3. The lowest BCUT2D eigenvalue weighted by Gasteiger charge is -2.33. The Hall–Kier alpha value is -2.69. The molecule has 2 heterocycles. The van der Waals surface area contributed by atoms with Crippen LogP contribution in [-0.4, -0.2) is 41.8 Å². The van der Waals surface area contributed by atoms with Crippen LogP contribution in [0.5, 0.6) is 0 Å². The van der Waals surface area contributed by atoms with E-state index in [2.05, 4.69) is 11.1 Å². The number of pyridine rings is 1. The molecule has 140 valence electrons. The van der Waals surface area contributed by atoms with Gasteiger partial charge in [0.15, 0.2) is 0 Å². The van der Waals surface area contributed by atoms with Gasteiger partial charge in [-0.25, -0.2) is 0 Å². The smallest absolute Gasteiger partial charge is 0.242 e. The molecule has 0 radical (unpaired) electrons. The minimum Gasteiger partial charge on any atom is -0.344 e. The highest BCUT2D eigenvalue weighted by Crippen LogP contribution is 2.50. The van der Waals surface area contributed by atoms with Crippen molar-refractivity contribution in [2.45, 2.75) is 32.1 Å². The summed E-state index contributed by atoms with van der Waals surface area (Å²) in [6.45, 7) is 1.31. The van der Waals surface area contributed by atoms with Gasteiger partial charge in [-0.1, -0.05) is 18.2 Å². The molecular weight excluding hydrogens is 338 g/mol. The van der Waals surface area contributed by atoms with E-state index in [1.165, 1.54) is 5.56 Å². The lowest BCUT2D eigenvalue weighted by molar-refractivity contribution is -0.142. The van der Waals surface area contributed by atoms with E-state index >= 15 is 0 Å². The molecule has 4 rings (SSSR count). The van der Waals surface area contributed by atoms with Crippen molar-refractivity contribution >= 4 is 17.5 Å². The van der Waals surface area contributed by atoms with Crippen molar-refractivity contribution < 1.29 is 9.59 Å². The zero-order chi connectivity index (χ0) is 18.9. The van der Waals surface area contributed by atoms with Gasteiger partial charge in [-0.05, 0) is 61.4 Å². The van der Waals surface area contributed by atoms with Crippen molar-refractivity contribution in [3.05, 3.63) is 59.9 Å². The first-order valence-corrected chi connectivity index (χ1v) is 9.66. The molecule has 1 fully saturated rings. The monoisotopic (exact) mass is 363 g/mol. The molecule has 2 amide bonds. The first-order chi connectivity index (χ1) is 13.1. The van der Waals surface area contributed by atoms with Gasteiger partial charge in [-0.2, -0.15) is 0 Å². The zero-order valence-electron chi connectivity index (χ0n) is 15.7. The average molecular weight is 363 g/mol. The average Bonchev–Trinajstić information content (AvgIpc) is 3.53. The highest BCUT2D eigenvalue weighted by atomic mass is 16.2. The van der Waals surface area contributed by atoms with Gasteiger partial charge in [0.05, 0.1) is 0 Å². The number of rotatable bonds is 5. The largest absolute Gasteiger partial charge is 0.344 e. The number of amides is 2. The van der Waals surface area contributed by atoms with E-state index in [4.69, 9.17) is 0 Å². The highest BCUT2D eigenvalue weighted by molar-refractivity contribution is 6.14. The first-order valence-electron chi connectivity index (χ1n) is 9.66. The van der Waals surface area contributed by atoms with E-state index in [-0.39, 0.29) is 11.8 Å². The van der Waals surface area contributed by atoms with E-state index < -0.39 is 5.41 Å². The molecule has 5 nitrogen and oxygen atoms in total. The summed E-state index contributed by atoms with van der Waals surface area (Å²) in [6, 6.07) is 12.0. The number of hydrogen-bond acceptors (Lipinski definition) is 3. The number of carbonyl (C=O) groups excluding carboxylic acids is 2. The molecule has 5 heteroatoms. The zero-order valence-corrected chi connectivity index (χ0v) is 15.7. The second-order valence-electron chi connectivity index (χ2n) is 7.60. The molecule has 2 aromatic rings. The van der Waals surface area contributed by atoms with E-state index in [9.17, 15) is 9.59 Å². The Kier molecular flexibility index (Phi) is 4.68. The van der Waals surface area contributed by atoms with Crippen LogP contribution in [0.1, 0.15) is 30.4 Å². The number of benzene rings is 1. The molecule has 1 aromatic heterocycles. The second kappa shape index (κ2) is 7.14. The van der Waals surface area contributed by atoms with E-state index in [1.54, 1.807) is 24.3 Å². The van der Waals surface area contributed by atoms with Crippen molar-refractivity contribution in [1.82, 2.24) is 9.88 Å². The summed E-state index contributed by atoms with van der Waals surface area (Å²) in [5, 5.41) is 0. The van der Waals surface area contributed by atoms with Crippen LogP contribution >= 0.6 is 0 Å². The minimum atomic E-state index is -0.850. The summed E-state index contributed by atoms with van der Waals surface area (Å²) in [5.41, 5.74) is 2.47. The molecule has 0 N–H and O–H groups in total. The van der Waals surface area contributed by atoms with Crippen LogP contribution in [-0.2, 0) is 22.4 Å². The molecule has 1 aliphatic heterocycles. The lowest BCUT2D eigenvalue weighted by Crippen LogP contribution is -2.47. The van der Waals surface area contributed by atoms with Crippen LogP contribution < -0.4 is 4.90 Å². The van der Waals surface area contributed by atoms with E-state index in [0.29, 0.717) is 25.9 Å². The van der Waals surface area contributed by atoms with Crippen LogP contribution in [0.15, 0.2) is 48.8 Å². The van der Waals surface area contributed by atoms with Crippen LogP contribution in [0.4, 0.5) is 5.69 Å². The summed E-state index contributed by atoms with van der Waals surface area (Å²) in [7, 11) is 1.81. The number of likely N-dealkylation sites (N-methyl/N-ethyl adjacent to an activating group) is 1. The van der Waals surface area contributed by atoms with Crippen molar-refractivity contribution in [2.75, 3.05) is 25.0 Å². The number of para-hydroxylation sites is 1. The predicted octanol–water partition coefficient (Wildman–Crippen LogP) is 2.84. The number of nitrogens with zero attached hydrogens (tertiary/aromatic N) is 3. The summed E-state index contributed by atoms with van der Waals surface area (Å²) >= 11 is 0. The summed E-state index contributed by atoms with van der Waals surface area (Å²) < 4.78 is 0. The summed E-state index contributed by atoms with van der Waals surface area (Å²) in [4.78, 5) is 34.0. The Bertz CT molecular complexity index is 846. The van der Waals surface area contributed by atoms with Crippen molar-refractivity contribution in [1.29, 1.82) is 0 Å². The quantitative estimate of drug-likeness (QED) is 0.768. The minimum absolute atomic E-state index is 0.0181.